The molecule has 0 radical (unpaired) electrons. The third-order valence-corrected chi connectivity index (χ3v) is 6.61. The summed E-state index contributed by atoms with van der Waals surface area (Å²) in [5, 5.41) is 2.83. The van der Waals surface area contributed by atoms with E-state index in [4.69, 9.17) is 0 Å². The highest BCUT2D eigenvalue weighted by atomic mass is 32.2. The van der Waals surface area contributed by atoms with Crippen molar-refractivity contribution < 1.29 is 26.8 Å². The molecule has 0 bridgehead atoms. The first-order chi connectivity index (χ1) is 15.8. The van der Waals surface area contributed by atoms with Gasteiger partial charge in [-0.1, -0.05) is 36.8 Å². The molecule has 1 N–H and O–H groups in total. The standard InChI is InChI=1S/C24H31F2N3O4S/c1-6-17(3)27-24(31)18(4)28(14-19-9-7-8-16(2)12-19)23(30)15-29(34(5,32)33)20-10-11-21(25)22(26)13-20/h7-13,17-18H,6,14-15H2,1-5H3,(H,27,31)/t17-,18-/m1/s1. The van der Waals surface area contributed by atoms with Gasteiger partial charge in [-0.05, 0) is 44.9 Å². The van der Waals surface area contributed by atoms with Crippen molar-refractivity contribution in [2.24, 2.45) is 0 Å². The molecule has 2 aromatic rings. The summed E-state index contributed by atoms with van der Waals surface area (Å²) in [5.74, 6) is -3.42. The van der Waals surface area contributed by atoms with Gasteiger partial charge in [-0.25, -0.2) is 17.2 Å². The van der Waals surface area contributed by atoms with Crippen molar-refractivity contribution in [3.05, 3.63) is 65.2 Å². The number of carbonyl (C=O) groups excluding carboxylic acids is 2. The van der Waals surface area contributed by atoms with Crippen molar-refractivity contribution >= 4 is 27.5 Å². The number of nitrogens with zero attached hydrogens (tertiary/aromatic N) is 2. The number of carbonyl (C=O) groups is 2. The van der Waals surface area contributed by atoms with E-state index in [1.54, 1.807) is 13.0 Å². The molecule has 0 fully saturated rings. The van der Waals surface area contributed by atoms with Crippen molar-refractivity contribution in [3.63, 3.8) is 0 Å². The quantitative estimate of drug-likeness (QED) is 0.548. The van der Waals surface area contributed by atoms with Gasteiger partial charge in [-0.15, -0.1) is 0 Å². The number of rotatable bonds is 10. The van der Waals surface area contributed by atoms with Gasteiger partial charge in [-0.3, -0.25) is 13.9 Å². The highest BCUT2D eigenvalue weighted by Crippen LogP contribution is 2.21. The van der Waals surface area contributed by atoms with Gasteiger partial charge in [0.05, 0.1) is 11.9 Å². The van der Waals surface area contributed by atoms with Crippen LogP contribution >= 0.6 is 0 Å². The van der Waals surface area contributed by atoms with E-state index in [0.29, 0.717) is 16.8 Å². The minimum atomic E-state index is -4.03. The van der Waals surface area contributed by atoms with Crippen LogP contribution in [-0.4, -0.2) is 50.0 Å². The van der Waals surface area contributed by atoms with E-state index in [2.05, 4.69) is 5.32 Å². The summed E-state index contributed by atoms with van der Waals surface area (Å²) in [5.41, 5.74) is 1.53. The number of amides is 2. The van der Waals surface area contributed by atoms with Gasteiger partial charge in [0.2, 0.25) is 21.8 Å². The highest BCUT2D eigenvalue weighted by molar-refractivity contribution is 7.92. The molecule has 10 heteroatoms. The molecule has 0 aromatic heterocycles. The Morgan fingerprint density at radius 3 is 2.29 bits per heavy atom. The number of nitrogens with one attached hydrogen (secondary N) is 1. The largest absolute Gasteiger partial charge is 0.352 e. The zero-order valence-corrected chi connectivity index (χ0v) is 20.8. The van der Waals surface area contributed by atoms with E-state index in [-0.39, 0.29) is 24.2 Å². The van der Waals surface area contributed by atoms with E-state index in [9.17, 15) is 26.8 Å². The monoisotopic (exact) mass is 495 g/mol. The predicted octanol–water partition coefficient (Wildman–Crippen LogP) is 3.37. The number of hydrogen-bond donors (Lipinski definition) is 1. The highest BCUT2D eigenvalue weighted by Gasteiger charge is 2.30. The van der Waals surface area contributed by atoms with Gasteiger partial charge in [-0.2, -0.15) is 0 Å². The minimum Gasteiger partial charge on any atom is -0.352 e. The molecule has 2 aromatic carbocycles. The van der Waals surface area contributed by atoms with Gasteiger partial charge in [0.1, 0.15) is 12.6 Å². The Morgan fingerprint density at radius 2 is 1.74 bits per heavy atom. The molecule has 0 aliphatic heterocycles. The molecule has 0 spiro atoms. The Balaban J connectivity index is 2.41. The average molecular weight is 496 g/mol. The van der Waals surface area contributed by atoms with Crippen LogP contribution in [0.25, 0.3) is 0 Å². The molecule has 0 aliphatic rings. The molecular weight excluding hydrogens is 464 g/mol. The zero-order valence-electron chi connectivity index (χ0n) is 20.0. The van der Waals surface area contributed by atoms with Gasteiger partial charge < -0.3 is 10.2 Å². The van der Waals surface area contributed by atoms with Crippen LogP contribution in [0.5, 0.6) is 0 Å². The fraction of sp³-hybridized carbons (Fsp3) is 0.417. The summed E-state index contributed by atoms with van der Waals surface area (Å²) >= 11 is 0. The van der Waals surface area contributed by atoms with Crippen molar-refractivity contribution in [2.45, 2.75) is 52.7 Å². The van der Waals surface area contributed by atoms with E-state index in [1.807, 2.05) is 39.0 Å². The van der Waals surface area contributed by atoms with E-state index in [1.165, 1.54) is 4.90 Å². The van der Waals surface area contributed by atoms with Crippen molar-refractivity contribution in [1.29, 1.82) is 0 Å². The first kappa shape index (κ1) is 27.2. The Bertz CT molecular complexity index is 1140. The molecule has 34 heavy (non-hydrogen) atoms. The van der Waals surface area contributed by atoms with Crippen molar-refractivity contribution in [1.82, 2.24) is 10.2 Å². The molecule has 2 rings (SSSR count). The third kappa shape index (κ3) is 7.24. The maximum absolute atomic E-state index is 13.8. The lowest BCUT2D eigenvalue weighted by Gasteiger charge is -2.32. The van der Waals surface area contributed by atoms with Crippen LogP contribution in [0.3, 0.4) is 0 Å². The summed E-state index contributed by atoms with van der Waals surface area (Å²) in [6.45, 7) is 6.58. The SMILES string of the molecule is CC[C@@H](C)NC(=O)[C@@H](C)N(Cc1cccc(C)c1)C(=O)CN(c1ccc(F)c(F)c1)S(C)(=O)=O. The average Bonchev–Trinajstić information content (AvgIpc) is 2.76. The molecule has 7 nitrogen and oxygen atoms in total. The number of sulfonamides is 1. The first-order valence-electron chi connectivity index (χ1n) is 10.9. The molecule has 2 atom stereocenters. The molecule has 186 valence electrons. The topological polar surface area (TPSA) is 86.8 Å². The first-order valence-corrected chi connectivity index (χ1v) is 12.8. The lowest BCUT2D eigenvalue weighted by Crippen LogP contribution is -2.52. The van der Waals surface area contributed by atoms with Crippen LogP contribution in [0.1, 0.15) is 38.3 Å². The number of benzene rings is 2. The van der Waals surface area contributed by atoms with E-state index in [0.717, 1.165) is 29.5 Å². The summed E-state index contributed by atoms with van der Waals surface area (Å²) in [6.07, 6.45) is 1.56. The Labute approximate surface area is 199 Å². The summed E-state index contributed by atoms with van der Waals surface area (Å²) in [7, 11) is -4.03. The van der Waals surface area contributed by atoms with Crippen LogP contribution < -0.4 is 9.62 Å². The van der Waals surface area contributed by atoms with Crippen LogP contribution in [0, 0.1) is 18.6 Å². The summed E-state index contributed by atoms with van der Waals surface area (Å²) < 4.78 is 52.8. The second-order valence-corrected chi connectivity index (χ2v) is 10.3. The van der Waals surface area contributed by atoms with E-state index < -0.39 is 40.2 Å². The second-order valence-electron chi connectivity index (χ2n) is 8.37. The number of halogens is 2. The predicted molar refractivity (Wildman–Crippen MR) is 128 cm³/mol. The van der Waals surface area contributed by atoms with Crippen LogP contribution in [0.2, 0.25) is 0 Å². The lowest BCUT2D eigenvalue weighted by atomic mass is 10.1. The maximum Gasteiger partial charge on any atom is 0.244 e. The normalized spacial score (nSPS) is 13.1. The van der Waals surface area contributed by atoms with Crippen molar-refractivity contribution in [2.75, 3.05) is 17.1 Å². The fourth-order valence-electron chi connectivity index (χ4n) is 3.31. The van der Waals surface area contributed by atoms with Crippen LogP contribution in [-0.2, 0) is 26.2 Å². The lowest BCUT2D eigenvalue weighted by molar-refractivity contribution is -0.139. The molecule has 0 heterocycles. The summed E-state index contributed by atoms with van der Waals surface area (Å²) in [4.78, 5) is 27.5. The van der Waals surface area contributed by atoms with Crippen LogP contribution in [0.4, 0.5) is 14.5 Å². The smallest absolute Gasteiger partial charge is 0.244 e. The second kappa shape index (κ2) is 11.4. The van der Waals surface area contributed by atoms with E-state index >= 15 is 0 Å². The fourth-order valence-corrected chi connectivity index (χ4v) is 4.15. The Kier molecular flexibility index (Phi) is 9.14. The number of aryl methyl sites for hydroxylation is 1. The molecule has 0 saturated carbocycles. The zero-order chi connectivity index (χ0) is 25.6. The van der Waals surface area contributed by atoms with Gasteiger partial charge >= 0.3 is 0 Å². The number of hydrogen-bond acceptors (Lipinski definition) is 4. The summed E-state index contributed by atoms with van der Waals surface area (Å²) in [6, 6.07) is 8.95. The number of anilines is 1. The molecule has 0 aliphatic carbocycles. The third-order valence-electron chi connectivity index (χ3n) is 5.47. The van der Waals surface area contributed by atoms with Gasteiger partial charge in [0, 0.05) is 18.7 Å². The molecule has 2 amide bonds. The minimum absolute atomic E-state index is 0.0605. The van der Waals surface area contributed by atoms with Gasteiger partial charge in [0.15, 0.2) is 11.6 Å². The molecule has 0 unspecified atom stereocenters. The molecular formula is C24H31F2N3O4S. The van der Waals surface area contributed by atoms with Crippen LogP contribution in [0.15, 0.2) is 42.5 Å². The Hall–Kier alpha value is -3.01. The Morgan fingerprint density at radius 1 is 1.06 bits per heavy atom. The van der Waals surface area contributed by atoms with Crippen molar-refractivity contribution in [3.8, 4) is 0 Å². The molecule has 0 saturated heterocycles. The maximum atomic E-state index is 13.8. The van der Waals surface area contributed by atoms with Gasteiger partial charge in [0.25, 0.3) is 0 Å².